The number of fused-ring (bicyclic) bond motifs is 2. The van der Waals surface area contributed by atoms with E-state index in [1.165, 1.54) is 0 Å². The third kappa shape index (κ3) is 2.56. The molecule has 2 aromatic rings. The molecule has 37 heavy (non-hydrogen) atoms. The van der Waals surface area contributed by atoms with E-state index in [9.17, 15) is 19.2 Å². The maximum Gasteiger partial charge on any atom is 0.276 e. The summed E-state index contributed by atoms with van der Waals surface area (Å²) in [6.07, 6.45) is 3.14. The van der Waals surface area contributed by atoms with Crippen molar-refractivity contribution in [2.45, 2.75) is 64.6 Å². The molecule has 4 amide bonds. The van der Waals surface area contributed by atoms with E-state index in [0.29, 0.717) is 29.2 Å². The largest absolute Gasteiger partial charge is 0.276 e. The summed E-state index contributed by atoms with van der Waals surface area (Å²) in [6.45, 7) is 6.31. The first-order valence-electron chi connectivity index (χ1n) is 13.2. The fourth-order valence-electron chi connectivity index (χ4n) is 8.00. The zero-order valence-electron chi connectivity index (χ0n) is 21.3. The summed E-state index contributed by atoms with van der Waals surface area (Å²) in [5.41, 5.74) is 0.547. The van der Waals surface area contributed by atoms with Gasteiger partial charge in [0.05, 0.1) is 34.3 Å². The Bertz CT molecular complexity index is 1340. The quantitative estimate of drug-likeness (QED) is 0.475. The van der Waals surface area contributed by atoms with Crippen LogP contribution in [0.5, 0.6) is 0 Å². The van der Waals surface area contributed by atoms with Crippen molar-refractivity contribution in [3.8, 4) is 0 Å². The molecule has 0 aromatic heterocycles. The number of para-hydroxylation sites is 1. The summed E-state index contributed by atoms with van der Waals surface area (Å²) < 4.78 is 0. The molecule has 6 atom stereocenters. The van der Waals surface area contributed by atoms with Crippen LogP contribution in [-0.2, 0) is 9.59 Å². The second-order valence-electron chi connectivity index (χ2n) is 11.6. The van der Waals surface area contributed by atoms with Crippen molar-refractivity contribution >= 4 is 29.3 Å². The van der Waals surface area contributed by atoms with Gasteiger partial charge in [-0.15, -0.1) is 0 Å². The van der Waals surface area contributed by atoms with E-state index >= 15 is 0 Å². The molecule has 190 valence electrons. The first kappa shape index (κ1) is 22.7. The monoisotopic (exact) mass is 498 g/mol. The van der Waals surface area contributed by atoms with E-state index in [0.717, 1.165) is 24.3 Å². The van der Waals surface area contributed by atoms with E-state index in [-0.39, 0.29) is 29.3 Å². The molecular formula is C29H30N4O4. The number of carbonyl (C=O) groups excluding carboxylic acids is 4. The number of rotatable bonds is 4. The summed E-state index contributed by atoms with van der Waals surface area (Å²) in [5.74, 6) is -0.648. The molecule has 0 N–H and O–H groups in total. The predicted molar refractivity (Wildman–Crippen MR) is 135 cm³/mol. The van der Waals surface area contributed by atoms with Gasteiger partial charge in [0.25, 0.3) is 23.6 Å². The van der Waals surface area contributed by atoms with E-state index in [1.54, 1.807) is 39.3 Å². The molecule has 2 aromatic carbocycles. The van der Waals surface area contributed by atoms with Crippen LogP contribution in [0.4, 0.5) is 5.69 Å². The third-order valence-electron chi connectivity index (χ3n) is 10.0. The molecule has 5 aliphatic rings. The van der Waals surface area contributed by atoms with Gasteiger partial charge in [-0.25, -0.2) is 15.0 Å². The first-order chi connectivity index (χ1) is 17.8. The van der Waals surface area contributed by atoms with Gasteiger partial charge in [0.2, 0.25) is 0 Å². The minimum absolute atomic E-state index is 0.0111. The van der Waals surface area contributed by atoms with Crippen LogP contribution in [0.1, 0.15) is 67.2 Å². The maximum atomic E-state index is 14.4. The van der Waals surface area contributed by atoms with Crippen LogP contribution < -0.4 is 5.01 Å². The minimum Gasteiger partial charge on any atom is -0.272 e. The number of imide groups is 1. The highest BCUT2D eigenvalue weighted by Gasteiger charge is 2.76. The lowest BCUT2D eigenvalue weighted by molar-refractivity contribution is -0.135. The van der Waals surface area contributed by atoms with Gasteiger partial charge in [0.15, 0.2) is 0 Å². The summed E-state index contributed by atoms with van der Waals surface area (Å²) >= 11 is 0. The number of benzene rings is 2. The van der Waals surface area contributed by atoms with Crippen molar-refractivity contribution < 1.29 is 19.2 Å². The first-order valence-corrected chi connectivity index (χ1v) is 13.2. The van der Waals surface area contributed by atoms with Crippen LogP contribution in [0.25, 0.3) is 0 Å². The molecule has 2 saturated heterocycles. The normalized spacial score (nSPS) is 34.8. The van der Waals surface area contributed by atoms with Gasteiger partial charge < -0.3 is 0 Å². The van der Waals surface area contributed by atoms with Crippen molar-refractivity contribution in [3.63, 3.8) is 0 Å². The highest BCUT2D eigenvalue weighted by molar-refractivity contribution is 6.21. The Balaban J connectivity index is 1.28. The molecule has 8 heteroatoms. The van der Waals surface area contributed by atoms with E-state index in [4.69, 9.17) is 0 Å². The lowest BCUT2D eigenvalue weighted by Crippen LogP contribution is -2.51. The van der Waals surface area contributed by atoms with Crippen LogP contribution in [0.15, 0.2) is 54.6 Å². The molecule has 3 aliphatic heterocycles. The molecule has 2 bridgehead atoms. The summed E-state index contributed by atoms with van der Waals surface area (Å²) in [7, 11) is 0. The number of anilines is 1. The van der Waals surface area contributed by atoms with Crippen LogP contribution in [-0.4, -0.2) is 56.8 Å². The van der Waals surface area contributed by atoms with Gasteiger partial charge in [-0.05, 0) is 61.3 Å². The zero-order valence-corrected chi connectivity index (χ0v) is 21.3. The minimum atomic E-state index is -0.677. The van der Waals surface area contributed by atoms with Crippen molar-refractivity contribution in [1.82, 2.24) is 15.0 Å². The van der Waals surface area contributed by atoms with Gasteiger partial charge in [-0.2, -0.15) is 5.01 Å². The van der Waals surface area contributed by atoms with Gasteiger partial charge in [0, 0.05) is 0 Å². The lowest BCUT2D eigenvalue weighted by Gasteiger charge is -2.35. The van der Waals surface area contributed by atoms with E-state index in [2.05, 4.69) is 13.8 Å². The number of nitrogens with zero attached hydrogens (tertiary/aromatic N) is 4. The molecular weight excluding hydrogens is 468 g/mol. The number of hydrogen-bond donors (Lipinski definition) is 0. The van der Waals surface area contributed by atoms with Crippen LogP contribution in [0, 0.1) is 16.7 Å². The molecule has 1 spiro atoms. The second kappa shape index (κ2) is 7.28. The highest BCUT2D eigenvalue weighted by atomic mass is 16.2. The van der Waals surface area contributed by atoms with Gasteiger partial charge in [0.1, 0.15) is 6.04 Å². The van der Waals surface area contributed by atoms with Crippen LogP contribution >= 0.6 is 0 Å². The van der Waals surface area contributed by atoms with Crippen molar-refractivity contribution in [1.29, 1.82) is 0 Å². The summed E-state index contributed by atoms with van der Waals surface area (Å²) in [6, 6.07) is 14.9. The fraction of sp³-hybridized carbons (Fsp3) is 0.448. The number of carbonyl (C=O) groups is 4. The Morgan fingerprint density at radius 1 is 0.919 bits per heavy atom. The Hall–Kier alpha value is -3.52. The van der Waals surface area contributed by atoms with Crippen molar-refractivity contribution in [2.24, 2.45) is 16.7 Å². The maximum absolute atomic E-state index is 14.4. The number of hydrogen-bond acceptors (Lipinski definition) is 5. The number of hydrazine groups is 2. The predicted octanol–water partition coefficient (Wildman–Crippen LogP) is 3.65. The standard InChI is InChI=1S/C29H30N4O4/c1-4-21-23(31(21)33-24(34)19-12-8-9-13-20(19)25(33)35)26(36)32-22-16-17-14-15-29(22,28(17,2)3)27(37)30(32)18-10-6-5-7-11-18/h5-13,17,21-23H,4,14-16H2,1-3H3/t17-,21+,22-,23-,29+,31?/m1/s1. The molecule has 8 nitrogen and oxygen atoms in total. The zero-order chi connectivity index (χ0) is 25.9. The molecule has 2 saturated carbocycles. The van der Waals surface area contributed by atoms with Gasteiger partial charge in [-0.3, -0.25) is 19.2 Å². The van der Waals surface area contributed by atoms with Gasteiger partial charge in [-0.1, -0.05) is 51.1 Å². The molecule has 2 aliphatic carbocycles. The lowest BCUT2D eigenvalue weighted by atomic mass is 9.67. The highest BCUT2D eigenvalue weighted by Crippen LogP contribution is 2.70. The van der Waals surface area contributed by atoms with Gasteiger partial charge >= 0.3 is 0 Å². The molecule has 4 fully saturated rings. The summed E-state index contributed by atoms with van der Waals surface area (Å²) in [4.78, 5) is 55.2. The molecule has 0 radical (unpaired) electrons. The molecule has 7 rings (SSSR count). The summed E-state index contributed by atoms with van der Waals surface area (Å²) in [5, 5.41) is 6.07. The SMILES string of the molecule is CC[C@H]1[C@H](C(=O)N2[C@@H]3C[C@H]4CC[C@]3(C(=O)N2c2ccccc2)C4(C)C)N1N1C(=O)c2ccccc2C1=O. The van der Waals surface area contributed by atoms with Crippen LogP contribution in [0.3, 0.4) is 0 Å². The molecule has 3 heterocycles. The Morgan fingerprint density at radius 2 is 1.54 bits per heavy atom. The Kier molecular flexibility index (Phi) is 4.46. The smallest absolute Gasteiger partial charge is 0.272 e. The Labute approximate surface area is 215 Å². The average Bonchev–Trinajstić information content (AvgIpc) is 3.28. The van der Waals surface area contributed by atoms with E-state index in [1.807, 2.05) is 37.3 Å². The van der Waals surface area contributed by atoms with E-state index < -0.39 is 23.3 Å². The topological polar surface area (TPSA) is 81.0 Å². The molecule has 1 unspecified atom stereocenters. The number of amides is 4. The third-order valence-corrected chi connectivity index (χ3v) is 10.0. The van der Waals surface area contributed by atoms with Crippen molar-refractivity contribution in [3.05, 3.63) is 65.7 Å². The second-order valence-corrected chi connectivity index (χ2v) is 11.6. The fourth-order valence-corrected chi connectivity index (χ4v) is 8.00. The van der Waals surface area contributed by atoms with Crippen molar-refractivity contribution in [2.75, 3.05) is 5.01 Å². The average molecular weight is 499 g/mol. The Morgan fingerprint density at radius 3 is 2.14 bits per heavy atom. The van der Waals surface area contributed by atoms with Crippen LogP contribution in [0.2, 0.25) is 0 Å².